The van der Waals surface area contributed by atoms with E-state index in [1.165, 1.54) is 71.6 Å². The Hall–Kier alpha value is -7.56. The fourth-order valence-corrected chi connectivity index (χ4v) is 8.87. The normalized spacial score (nSPS) is 11.9. The van der Waals surface area contributed by atoms with Gasteiger partial charge in [0, 0.05) is 39.0 Å². The highest BCUT2D eigenvalue weighted by Gasteiger charge is 2.19. The molecule has 0 aliphatic rings. The molecule has 0 saturated carbocycles. The Labute approximate surface area is 349 Å². The second kappa shape index (κ2) is 14.1. The van der Waals surface area contributed by atoms with Gasteiger partial charge in [0.2, 0.25) is 5.95 Å². The quantitative estimate of drug-likeness (QED) is 0.169. The van der Waals surface area contributed by atoms with Crippen molar-refractivity contribution in [3.63, 3.8) is 0 Å². The van der Waals surface area contributed by atoms with Crippen molar-refractivity contribution in [1.29, 1.82) is 0 Å². The third-order valence-electron chi connectivity index (χ3n) is 12.0. The van der Waals surface area contributed by atoms with Crippen LogP contribution in [0.3, 0.4) is 0 Å². The molecule has 3 heterocycles. The minimum Gasteiger partial charge on any atom is -0.309 e. The summed E-state index contributed by atoms with van der Waals surface area (Å²) in [5.74, 6) is 0.647. The molecule has 11 aromatic rings. The molecule has 60 heavy (non-hydrogen) atoms. The van der Waals surface area contributed by atoms with Crippen molar-refractivity contribution in [2.75, 3.05) is 0 Å². The van der Waals surface area contributed by atoms with Gasteiger partial charge in [-0.15, -0.1) is 0 Å². The zero-order valence-electron chi connectivity index (χ0n) is 33.8. The Morgan fingerprint density at radius 3 is 1.50 bits per heavy atom. The molecule has 286 valence electrons. The van der Waals surface area contributed by atoms with Crippen LogP contribution in [0.25, 0.3) is 99.9 Å². The highest BCUT2D eigenvalue weighted by Crippen LogP contribution is 2.39. The summed E-state index contributed by atoms with van der Waals surface area (Å²) in [6.45, 7) is 6.79. The van der Waals surface area contributed by atoms with Gasteiger partial charge in [-0.1, -0.05) is 154 Å². The maximum absolute atomic E-state index is 5.21. The summed E-state index contributed by atoms with van der Waals surface area (Å²) in [6.07, 6.45) is 1.87. The third-order valence-corrected chi connectivity index (χ3v) is 12.0. The molecule has 11 rings (SSSR count). The first kappa shape index (κ1) is 35.6. The van der Waals surface area contributed by atoms with E-state index in [1.54, 1.807) is 0 Å². The smallest absolute Gasteiger partial charge is 0.235 e. The second-order valence-corrected chi connectivity index (χ2v) is 16.7. The minimum absolute atomic E-state index is 0.100. The minimum atomic E-state index is 0.100. The van der Waals surface area contributed by atoms with Gasteiger partial charge >= 0.3 is 0 Å². The number of para-hydroxylation sites is 2. The van der Waals surface area contributed by atoms with E-state index in [0.29, 0.717) is 5.95 Å². The number of rotatable bonds is 6. The predicted molar refractivity (Wildman–Crippen MR) is 251 cm³/mol. The zero-order valence-corrected chi connectivity index (χ0v) is 33.8. The number of hydrogen-bond donors (Lipinski definition) is 0. The van der Waals surface area contributed by atoms with E-state index in [0.717, 1.165) is 27.9 Å². The lowest BCUT2D eigenvalue weighted by molar-refractivity contribution is 0.590. The highest BCUT2D eigenvalue weighted by atomic mass is 15.2. The molecule has 0 radical (unpaired) electrons. The van der Waals surface area contributed by atoms with Gasteiger partial charge in [0.15, 0.2) is 0 Å². The van der Waals surface area contributed by atoms with Gasteiger partial charge < -0.3 is 4.57 Å². The second-order valence-electron chi connectivity index (χ2n) is 16.7. The number of nitrogens with zero attached hydrogens (tertiary/aromatic N) is 4. The summed E-state index contributed by atoms with van der Waals surface area (Å²) < 4.78 is 4.59. The van der Waals surface area contributed by atoms with Crippen LogP contribution in [-0.4, -0.2) is 19.1 Å². The van der Waals surface area contributed by atoms with Gasteiger partial charge in [-0.05, 0) is 105 Å². The molecule has 0 N–H and O–H groups in total. The monoisotopic (exact) mass is 770 g/mol. The number of fused-ring (bicyclic) bond motifs is 6. The summed E-state index contributed by atoms with van der Waals surface area (Å²) in [5, 5.41) is 4.82. The van der Waals surface area contributed by atoms with E-state index in [1.807, 2.05) is 12.3 Å². The lowest BCUT2D eigenvalue weighted by Crippen LogP contribution is -2.10. The van der Waals surface area contributed by atoms with Crippen LogP contribution < -0.4 is 0 Å². The SMILES string of the molecule is CC(C)(C)c1ccc(-n2c3ccccc3c3cc(-c4ccc5c(c4)c4ccccc4n5-c4nccc(-c5cccc(-c6ccc(-c7ccccc7)cc6)c5)n4)ccc32)cc1. The summed E-state index contributed by atoms with van der Waals surface area (Å²) in [6, 6.07) is 70.0. The van der Waals surface area contributed by atoms with Gasteiger partial charge in [0.25, 0.3) is 0 Å². The molecule has 0 bridgehead atoms. The van der Waals surface area contributed by atoms with Crippen molar-refractivity contribution in [3.05, 3.63) is 206 Å². The molecular formula is C56H42N4. The van der Waals surface area contributed by atoms with Crippen molar-refractivity contribution in [2.45, 2.75) is 26.2 Å². The van der Waals surface area contributed by atoms with E-state index < -0.39 is 0 Å². The van der Waals surface area contributed by atoms with Crippen molar-refractivity contribution < 1.29 is 0 Å². The first-order chi connectivity index (χ1) is 29.4. The van der Waals surface area contributed by atoms with Crippen molar-refractivity contribution in [1.82, 2.24) is 19.1 Å². The van der Waals surface area contributed by atoms with Crippen molar-refractivity contribution in [2.24, 2.45) is 0 Å². The summed E-state index contributed by atoms with van der Waals surface area (Å²) in [5.41, 5.74) is 16.2. The average molecular weight is 771 g/mol. The van der Waals surface area contributed by atoms with Crippen LogP contribution >= 0.6 is 0 Å². The Balaban J connectivity index is 0.969. The van der Waals surface area contributed by atoms with Crippen LogP contribution in [-0.2, 0) is 5.41 Å². The summed E-state index contributed by atoms with van der Waals surface area (Å²) in [4.78, 5) is 10.1. The first-order valence-corrected chi connectivity index (χ1v) is 20.6. The highest BCUT2D eigenvalue weighted by molar-refractivity contribution is 6.12. The number of aromatic nitrogens is 4. The molecule has 4 nitrogen and oxygen atoms in total. The molecule has 0 amide bonds. The van der Waals surface area contributed by atoms with Crippen LogP contribution in [0, 0.1) is 0 Å². The van der Waals surface area contributed by atoms with Crippen molar-refractivity contribution in [3.8, 4) is 56.3 Å². The molecule has 0 atom stereocenters. The van der Waals surface area contributed by atoms with Gasteiger partial charge in [0.1, 0.15) is 0 Å². The summed E-state index contributed by atoms with van der Waals surface area (Å²) >= 11 is 0. The molecule has 4 heteroatoms. The maximum atomic E-state index is 5.21. The molecule has 0 saturated heterocycles. The molecular weight excluding hydrogens is 729 g/mol. The molecule has 3 aromatic heterocycles. The average Bonchev–Trinajstić information content (AvgIpc) is 3.81. The third kappa shape index (κ3) is 6.08. The van der Waals surface area contributed by atoms with E-state index >= 15 is 0 Å². The molecule has 0 aliphatic carbocycles. The van der Waals surface area contributed by atoms with E-state index in [2.05, 4.69) is 218 Å². The van der Waals surface area contributed by atoms with Crippen LogP contribution in [0.1, 0.15) is 26.3 Å². The largest absolute Gasteiger partial charge is 0.309 e. The van der Waals surface area contributed by atoms with Gasteiger partial charge in [-0.3, -0.25) is 4.57 Å². The van der Waals surface area contributed by atoms with Gasteiger partial charge in [0.05, 0.1) is 27.8 Å². The van der Waals surface area contributed by atoms with Gasteiger partial charge in [-0.2, -0.15) is 0 Å². The van der Waals surface area contributed by atoms with E-state index in [4.69, 9.17) is 9.97 Å². The molecule has 8 aromatic carbocycles. The van der Waals surface area contributed by atoms with Crippen molar-refractivity contribution >= 4 is 43.6 Å². The zero-order chi connectivity index (χ0) is 40.4. The van der Waals surface area contributed by atoms with E-state index in [-0.39, 0.29) is 5.41 Å². The number of benzene rings is 8. The predicted octanol–water partition coefficient (Wildman–Crippen LogP) is 14.6. The van der Waals surface area contributed by atoms with Crippen LogP contribution in [0.4, 0.5) is 0 Å². The van der Waals surface area contributed by atoms with E-state index in [9.17, 15) is 0 Å². The first-order valence-electron chi connectivity index (χ1n) is 20.6. The maximum Gasteiger partial charge on any atom is 0.235 e. The molecule has 0 fully saturated rings. The topological polar surface area (TPSA) is 35.6 Å². The molecule has 0 aliphatic heterocycles. The Morgan fingerprint density at radius 2 is 0.850 bits per heavy atom. The van der Waals surface area contributed by atoms with Crippen LogP contribution in [0.15, 0.2) is 200 Å². The fraction of sp³-hybridized carbons (Fsp3) is 0.0714. The lowest BCUT2D eigenvalue weighted by Gasteiger charge is -2.19. The Kier molecular flexibility index (Phi) is 8.35. The molecule has 0 spiro atoms. The van der Waals surface area contributed by atoms with Crippen LogP contribution in [0.2, 0.25) is 0 Å². The Morgan fingerprint density at radius 1 is 0.367 bits per heavy atom. The lowest BCUT2D eigenvalue weighted by atomic mass is 9.87. The van der Waals surface area contributed by atoms with Gasteiger partial charge in [-0.25, -0.2) is 9.97 Å². The Bertz CT molecular complexity index is 3380. The fourth-order valence-electron chi connectivity index (χ4n) is 8.87. The molecule has 0 unspecified atom stereocenters. The standard InChI is InChI=1S/C56H42N4/c1-56(2,3)44-26-28-45(29-27-44)59-51-18-9-7-16-46(51)48-35-41(24-30-53(48)59)42-25-31-54-49(36-42)47-17-8-10-19-52(47)60(54)55-57-33-32-50(58-55)43-15-11-14-40(34-43)39-22-20-38(21-23-39)37-12-5-4-6-13-37/h4-36H,1-3H3. The number of hydrogen-bond acceptors (Lipinski definition) is 2. The van der Waals surface area contributed by atoms with Crippen LogP contribution in [0.5, 0.6) is 0 Å². The summed E-state index contributed by atoms with van der Waals surface area (Å²) in [7, 11) is 0.